The van der Waals surface area contributed by atoms with Crippen LogP contribution in [0.25, 0.3) is 0 Å². The van der Waals surface area contributed by atoms with Gasteiger partial charge in [0.2, 0.25) is 11.8 Å². The number of carbonyl (C=O) groups is 2. The number of rotatable bonds is 4. The number of hydrogen-bond donors (Lipinski definition) is 1. The topological polar surface area (TPSA) is 58.6 Å². The van der Waals surface area contributed by atoms with Gasteiger partial charge in [-0.15, -0.1) is 6.58 Å². The van der Waals surface area contributed by atoms with Crippen LogP contribution in [0.3, 0.4) is 0 Å². The lowest BCUT2D eigenvalue weighted by Gasteiger charge is -2.52. The van der Waals surface area contributed by atoms with Gasteiger partial charge in [0.05, 0.1) is 0 Å². The van der Waals surface area contributed by atoms with Gasteiger partial charge in [-0.25, -0.2) is 0 Å². The number of aryl methyl sites for hydroxylation is 1. The van der Waals surface area contributed by atoms with E-state index in [4.69, 9.17) is 4.74 Å². The van der Waals surface area contributed by atoms with Crippen molar-refractivity contribution in [3.63, 3.8) is 0 Å². The van der Waals surface area contributed by atoms with Crippen molar-refractivity contribution >= 4 is 17.5 Å². The number of fused-ring (bicyclic) bond motifs is 4. The molecule has 5 heteroatoms. The Labute approximate surface area is 165 Å². The molecule has 0 spiro atoms. The Morgan fingerprint density at radius 2 is 2.00 bits per heavy atom. The van der Waals surface area contributed by atoms with E-state index in [-0.39, 0.29) is 17.7 Å². The average Bonchev–Trinajstić information content (AvgIpc) is 2.67. The molecule has 2 aromatic rings. The monoisotopic (exact) mass is 376 g/mol. The number of carbonyl (C=O) groups excluding carboxylic acids is 2. The molecule has 144 valence electrons. The Hall–Kier alpha value is -3.08. The summed E-state index contributed by atoms with van der Waals surface area (Å²) >= 11 is 0. The summed E-state index contributed by atoms with van der Waals surface area (Å²) in [5, 5.41) is 2.93. The Balaban J connectivity index is 1.73. The zero-order valence-corrected chi connectivity index (χ0v) is 16.1. The zero-order valence-electron chi connectivity index (χ0n) is 16.1. The summed E-state index contributed by atoms with van der Waals surface area (Å²) < 4.78 is 6.21. The highest BCUT2D eigenvalue weighted by molar-refractivity contribution is 6.08. The molecule has 0 aliphatic carbocycles. The molecule has 2 bridgehead atoms. The van der Waals surface area contributed by atoms with Gasteiger partial charge in [0.1, 0.15) is 11.7 Å². The van der Waals surface area contributed by atoms with E-state index in [1.807, 2.05) is 62.4 Å². The number of anilines is 1. The van der Waals surface area contributed by atoms with Crippen LogP contribution in [-0.4, -0.2) is 29.0 Å². The van der Waals surface area contributed by atoms with Crippen LogP contribution < -0.4 is 10.1 Å². The number of benzene rings is 2. The third kappa shape index (κ3) is 2.97. The highest BCUT2D eigenvalue weighted by Gasteiger charge is 2.55. The van der Waals surface area contributed by atoms with E-state index in [2.05, 4.69) is 11.9 Å². The number of nitrogens with zero attached hydrogens (tertiary/aromatic N) is 1. The van der Waals surface area contributed by atoms with E-state index >= 15 is 0 Å². The molecule has 1 fully saturated rings. The number of nitrogens with one attached hydrogen (secondary N) is 1. The van der Waals surface area contributed by atoms with Crippen molar-refractivity contribution in [2.45, 2.75) is 31.9 Å². The van der Waals surface area contributed by atoms with Gasteiger partial charge in [0.25, 0.3) is 0 Å². The molecule has 5 nitrogen and oxygen atoms in total. The molecule has 28 heavy (non-hydrogen) atoms. The summed E-state index contributed by atoms with van der Waals surface area (Å²) in [6.07, 6.45) is 2.23. The molecular formula is C23H24N2O3. The van der Waals surface area contributed by atoms with Crippen LogP contribution in [0.4, 0.5) is 5.69 Å². The van der Waals surface area contributed by atoms with E-state index < -0.39 is 11.6 Å². The molecule has 2 heterocycles. The molecule has 2 aliphatic rings. The Kier molecular flexibility index (Phi) is 4.46. The van der Waals surface area contributed by atoms with Crippen LogP contribution in [0.2, 0.25) is 0 Å². The first kappa shape index (κ1) is 18.3. The molecule has 2 amide bonds. The Bertz CT molecular complexity index is 937. The average molecular weight is 376 g/mol. The van der Waals surface area contributed by atoms with Crippen molar-refractivity contribution in [2.75, 3.05) is 11.9 Å². The fraction of sp³-hybridized carbons (Fsp3) is 0.304. The summed E-state index contributed by atoms with van der Waals surface area (Å²) in [6, 6.07) is 15.2. The zero-order chi connectivity index (χ0) is 19.9. The van der Waals surface area contributed by atoms with Crippen LogP contribution in [0.5, 0.6) is 5.75 Å². The lowest BCUT2D eigenvalue weighted by atomic mass is 9.73. The smallest absolute Gasteiger partial charge is 0.239 e. The number of piperidine rings is 1. The Morgan fingerprint density at radius 1 is 1.29 bits per heavy atom. The van der Waals surface area contributed by atoms with Crippen molar-refractivity contribution in [3.05, 3.63) is 72.3 Å². The normalized spacial score (nSPS) is 25.5. The molecule has 1 N–H and O–H groups in total. The first-order chi connectivity index (χ1) is 13.4. The van der Waals surface area contributed by atoms with Crippen molar-refractivity contribution in [3.8, 4) is 5.75 Å². The molecule has 0 unspecified atom stereocenters. The Morgan fingerprint density at radius 3 is 2.71 bits per heavy atom. The van der Waals surface area contributed by atoms with Crippen molar-refractivity contribution in [1.82, 2.24) is 4.90 Å². The summed E-state index contributed by atoms with van der Waals surface area (Å²) in [7, 11) is 0. The second-order valence-corrected chi connectivity index (χ2v) is 7.70. The minimum atomic E-state index is -0.806. The second-order valence-electron chi connectivity index (χ2n) is 7.70. The number of para-hydroxylation sites is 1. The van der Waals surface area contributed by atoms with Crippen LogP contribution in [0.1, 0.15) is 30.4 Å². The maximum absolute atomic E-state index is 13.4. The van der Waals surface area contributed by atoms with Gasteiger partial charge in [0.15, 0.2) is 5.72 Å². The minimum Gasteiger partial charge on any atom is -0.468 e. The minimum absolute atomic E-state index is 0.224. The molecular weight excluding hydrogens is 352 g/mol. The quantitative estimate of drug-likeness (QED) is 0.651. The SMILES string of the molecule is C=CCN1C(=O)[C@@H](C(=O)Nc2ccc(C)cc2)[C@H]2C[C@]1(C)Oc1ccccc12. The number of likely N-dealkylation sites (tertiary alicyclic amines) is 1. The molecule has 3 atom stereocenters. The molecule has 0 aromatic heterocycles. The third-order valence-corrected chi connectivity index (χ3v) is 5.67. The second kappa shape index (κ2) is 6.82. The number of ether oxygens (including phenoxy) is 1. The fourth-order valence-corrected chi connectivity index (χ4v) is 4.28. The van der Waals surface area contributed by atoms with Gasteiger partial charge in [-0.2, -0.15) is 0 Å². The van der Waals surface area contributed by atoms with Gasteiger partial charge in [-0.05, 0) is 37.6 Å². The number of amides is 2. The third-order valence-electron chi connectivity index (χ3n) is 5.67. The number of hydrogen-bond acceptors (Lipinski definition) is 3. The summed E-state index contributed by atoms with van der Waals surface area (Å²) in [5.41, 5.74) is 1.92. The van der Waals surface area contributed by atoms with Crippen LogP contribution in [0, 0.1) is 12.8 Å². The van der Waals surface area contributed by atoms with Crippen LogP contribution in [-0.2, 0) is 9.59 Å². The van der Waals surface area contributed by atoms with Gasteiger partial charge < -0.3 is 15.0 Å². The van der Waals surface area contributed by atoms with Gasteiger partial charge in [-0.1, -0.05) is 42.0 Å². The van der Waals surface area contributed by atoms with E-state index in [9.17, 15) is 9.59 Å². The first-order valence-corrected chi connectivity index (χ1v) is 9.51. The summed E-state index contributed by atoms with van der Waals surface area (Å²) in [4.78, 5) is 28.2. The molecule has 0 radical (unpaired) electrons. The van der Waals surface area contributed by atoms with Gasteiger partial charge in [0, 0.05) is 24.6 Å². The maximum atomic E-state index is 13.4. The van der Waals surface area contributed by atoms with Crippen molar-refractivity contribution < 1.29 is 14.3 Å². The van der Waals surface area contributed by atoms with Gasteiger partial charge >= 0.3 is 0 Å². The predicted octanol–water partition coefficient (Wildman–Crippen LogP) is 3.86. The van der Waals surface area contributed by atoms with Crippen LogP contribution in [0.15, 0.2) is 61.2 Å². The van der Waals surface area contributed by atoms with E-state index in [0.29, 0.717) is 18.7 Å². The lowest BCUT2D eigenvalue weighted by Crippen LogP contribution is -2.64. The van der Waals surface area contributed by atoms with Gasteiger partial charge in [-0.3, -0.25) is 9.59 Å². The maximum Gasteiger partial charge on any atom is 0.239 e. The standard InChI is InChI=1S/C23H24N2O3/c1-4-13-25-22(27)20(21(26)24-16-11-9-15(2)10-12-16)18-14-23(25,3)28-19-8-6-5-7-17(18)19/h4-12,18,20H,1,13-14H2,2-3H3,(H,24,26)/t18-,20+,23-/m0/s1. The van der Waals surface area contributed by atoms with Crippen LogP contribution >= 0.6 is 0 Å². The molecule has 0 saturated carbocycles. The highest BCUT2D eigenvalue weighted by Crippen LogP contribution is 2.50. The molecule has 2 aliphatic heterocycles. The van der Waals surface area contributed by atoms with E-state index in [0.717, 1.165) is 16.9 Å². The molecule has 2 aromatic carbocycles. The van der Waals surface area contributed by atoms with E-state index in [1.54, 1.807) is 11.0 Å². The molecule has 4 rings (SSSR count). The molecule has 1 saturated heterocycles. The summed E-state index contributed by atoms with van der Waals surface area (Å²) in [5.74, 6) is -0.811. The fourth-order valence-electron chi connectivity index (χ4n) is 4.28. The largest absolute Gasteiger partial charge is 0.468 e. The summed E-state index contributed by atoms with van der Waals surface area (Å²) in [6.45, 7) is 8.00. The predicted molar refractivity (Wildman–Crippen MR) is 108 cm³/mol. The van der Waals surface area contributed by atoms with Crippen molar-refractivity contribution in [2.24, 2.45) is 5.92 Å². The highest BCUT2D eigenvalue weighted by atomic mass is 16.5. The lowest BCUT2D eigenvalue weighted by molar-refractivity contribution is -0.173. The van der Waals surface area contributed by atoms with E-state index in [1.165, 1.54) is 0 Å². The van der Waals surface area contributed by atoms with Crippen molar-refractivity contribution in [1.29, 1.82) is 0 Å². The first-order valence-electron chi connectivity index (χ1n) is 9.51.